The predicted octanol–water partition coefficient (Wildman–Crippen LogP) is 1.19. The van der Waals surface area contributed by atoms with Crippen LogP contribution in [-0.2, 0) is 24.3 Å². The maximum atomic E-state index is 12.4. The highest BCUT2D eigenvalue weighted by Gasteiger charge is 2.29. The molecule has 2 amide bonds. The Balaban J connectivity index is 4.85. The maximum absolute atomic E-state index is 12.4. The Morgan fingerprint density at radius 2 is 1.70 bits per heavy atom. The molecule has 0 aromatic heterocycles. The highest BCUT2D eigenvalue weighted by Crippen LogP contribution is 2.18. The zero-order valence-electron chi connectivity index (χ0n) is 14.9. The van der Waals surface area contributed by atoms with Crippen molar-refractivity contribution >= 4 is 21.7 Å². The topological polar surface area (TPSA) is 102 Å². The van der Waals surface area contributed by atoms with Crippen LogP contribution in [-0.4, -0.2) is 43.9 Å². The molecule has 0 spiro atoms. The predicted molar refractivity (Wildman–Crippen MR) is 89.3 cm³/mol. The Morgan fingerprint density at radius 3 is 2.13 bits per heavy atom. The van der Waals surface area contributed by atoms with Gasteiger partial charge in [0.2, 0.25) is 11.8 Å². The summed E-state index contributed by atoms with van der Waals surface area (Å²) in [5.41, 5.74) is 1.74. The Hall–Kier alpha value is -1.15. The van der Waals surface area contributed by atoms with Gasteiger partial charge in [-0.1, -0.05) is 13.8 Å². The molecule has 0 rings (SSSR count). The van der Waals surface area contributed by atoms with Crippen LogP contribution < -0.4 is 10.8 Å². The van der Waals surface area contributed by atoms with E-state index in [4.69, 9.17) is 4.84 Å². The lowest BCUT2D eigenvalue weighted by molar-refractivity contribution is -0.145. The first kappa shape index (κ1) is 21.9. The van der Waals surface area contributed by atoms with Crippen molar-refractivity contribution in [2.45, 2.75) is 64.7 Å². The third kappa shape index (κ3) is 10.3. The van der Waals surface area contributed by atoms with E-state index in [2.05, 4.69) is 10.8 Å². The van der Waals surface area contributed by atoms with E-state index >= 15 is 0 Å². The Morgan fingerprint density at radius 1 is 1.13 bits per heavy atom. The van der Waals surface area contributed by atoms with Gasteiger partial charge in [0.25, 0.3) is 0 Å². The summed E-state index contributed by atoms with van der Waals surface area (Å²) in [7, 11) is -2.09. The molecule has 0 saturated carbocycles. The lowest BCUT2D eigenvalue weighted by Crippen LogP contribution is -2.38. The van der Waals surface area contributed by atoms with Gasteiger partial charge in [-0.15, -0.1) is 0 Å². The average molecular weight is 350 g/mol. The molecular formula is C15H30N2O5S. The Kier molecular flexibility index (Phi) is 8.76. The van der Waals surface area contributed by atoms with E-state index in [-0.39, 0.29) is 30.4 Å². The van der Waals surface area contributed by atoms with Crippen molar-refractivity contribution in [1.82, 2.24) is 10.8 Å². The first-order chi connectivity index (χ1) is 10.4. The van der Waals surface area contributed by atoms with Crippen LogP contribution in [0.25, 0.3) is 0 Å². The van der Waals surface area contributed by atoms with Crippen molar-refractivity contribution in [1.29, 1.82) is 0 Å². The zero-order valence-corrected chi connectivity index (χ0v) is 15.7. The standard InChI is InChI=1S/C15H30N2O5S/c1-11(2)9-12(10-14(19)17-22-15(3,4)5)23(20,21)8-7-13(18)16-6/h11-12H,7-10H2,1-6H3,(H,16,18)(H,17,19). The summed E-state index contributed by atoms with van der Waals surface area (Å²) >= 11 is 0. The maximum Gasteiger partial charge on any atom is 0.244 e. The lowest BCUT2D eigenvalue weighted by atomic mass is 10.1. The van der Waals surface area contributed by atoms with Gasteiger partial charge in [0.15, 0.2) is 9.84 Å². The zero-order chi connectivity index (χ0) is 18.3. The molecule has 0 aromatic rings. The monoisotopic (exact) mass is 350 g/mol. The third-order valence-corrected chi connectivity index (χ3v) is 5.17. The molecule has 0 bridgehead atoms. The minimum Gasteiger partial charge on any atom is -0.359 e. The molecule has 0 aliphatic heterocycles. The SMILES string of the molecule is CNC(=O)CCS(=O)(=O)C(CC(=O)NOC(C)(C)C)CC(C)C. The number of hydrogen-bond acceptors (Lipinski definition) is 5. The minimum atomic E-state index is -3.55. The van der Waals surface area contributed by atoms with Crippen LogP contribution in [0.5, 0.6) is 0 Å². The first-order valence-electron chi connectivity index (χ1n) is 7.76. The van der Waals surface area contributed by atoms with E-state index < -0.39 is 26.6 Å². The molecule has 0 aliphatic rings. The van der Waals surface area contributed by atoms with Crippen molar-refractivity contribution in [2.75, 3.05) is 12.8 Å². The summed E-state index contributed by atoms with van der Waals surface area (Å²) in [4.78, 5) is 28.4. The number of nitrogens with one attached hydrogen (secondary N) is 2. The summed E-state index contributed by atoms with van der Waals surface area (Å²) in [6.45, 7) is 9.12. The van der Waals surface area contributed by atoms with Crippen LogP contribution in [0.3, 0.4) is 0 Å². The Labute approximate surface area is 139 Å². The molecule has 1 unspecified atom stereocenters. The van der Waals surface area contributed by atoms with E-state index in [1.54, 1.807) is 20.8 Å². The molecule has 0 radical (unpaired) electrons. The largest absolute Gasteiger partial charge is 0.359 e. The fraction of sp³-hybridized carbons (Fsp3) is 0.867. The van der Waals surface area contributed by atoms with Gasteiger partial charge in [0.05, 0.1) is 16.6 Å². The smallest absolute Gasteiger partial charge is 0.244 e. The lowest BCUT2D eigenvalue weighted by Gasteiger charge is -2.22. The number of carbonyl (C=O) groups excluding carboxylic acids is 2. The van der Waals surface area contributed by atoms with Gasteiger partial charge in [-0.2, -0.15) is 0 Å². The fourth-order valence-electron chi connectivity index (χ4n) is 1.87. The second kappa shape index (κ2) is 9.22. The van der Waals surface area contributed by atoms with Gasteiger partial charge in [-0.05, 0) is 33.1 Å². The molecule has 8 heteroatoms. The third-order valence-electron chi connectivity index (χ3n) is 3.02. The van der Waals surface area contributed by atoms with Crippen molar-refractivity contribution in [3.63, 3.8) is 0 Å². The molecule has 0 aromatic carbocycles. The van der Waals surface area contributed by atoms with Crippen LogP contribution in [0.2, 0.25) is 0 Å². The number of hydroxylamine groups is 1. The van der Waals surface area contributed by atoms with E-state index in [0.717, 1.165) is 0 Å². The molecule has 2 N–H and O–H groups in total. The van der Waals surface area contributed by atoms with Crippen LogP contribution >= 0.6 is 0 Å². The summed E-state index contributed by atoms with van der Waals surface area (Å²) < 4.78 is 24.8. The van der Waals surface area contributed by atoms with Gasteiger partial charge in [-0.25, -0.2) is 13.9 Å². The number of rotatable bonds is 9. The van der Waals surface area contributed by atoms with E-state index in [1.165, 1.54) is 7.05 Å². The number of sulfone groups is 1. The van der Waals surface area contributed by atoms with Gasteiger partial charge >= 0.3 is 0 Å². The molecule has 7 nitrogen and oxygen atoms in total. The number of hydrogen-bond donors (Lipinski definition) is 2. The normalized spacial score (nSPS) is 13.7. The van der Waals surface area contributed by atoms with E-state index in [9.17, 15) is 18.0 Å². The summed E-state index contributed by atoms with van der Waals surface area (Å²) in [6.07, 6.45) is 0.0802. The van der Waals surface area contributed by atoms with Gasteiger partial charge in [0.1, 0.15) is 0 Å². The number of carbonyl (C=O) groups is 2. The van der Waals surface area contributed by atoms with E-state index in [0.29, 0.717) is 6.42 Å². The average Bonchev–Trinajstić information content (AvgIpc) is 2.40. The number of amides is 2. The van der Waals surface area contributed by atoms with Gasteiger partial charge in [0, 0.05) is 19.9 Å². The molecule has 0 saturated heterocycles. The Bertz CT molecular complexity index is 494. The summed E-state index contributed by atoms with van der Waals surface area (Å²) in [5.74, 6) is -0.963. The van der Waals surface area contributed by atoms with Gasteiger partial charge < -0.3 is 5.32 Å². The van der Waals surface area contributed by atoms with Crippen LogP contribution in [0, 0.1) is 5.92 Å². The molecular weight excluding hydrogens is 320 g/mol. The highest BCUT2D eigenvalue weighted by atomic mass is 32.2. The van der Waals surface area contributed by atoms with Crippen LogP contribution in [0.15, 0.2) is 0 Å². The summed E-state index contributed by atoms with van der Waals surface area (Å²) in [6, 6.07) is 0. The summed E-state index contributed by atoms with van der Waals surface area (Å²) in [5, 5.41) is 1.57. The molecule has 0 heterocycles. The van der Waals surface area contributed by atoms with Gasteiger partial charge in [-0.3, -0.25) is 14.4 Å². The first-order valence-corrected chi connectivity index (χ1v) is 9.48. The van der Waals surface area contributed by atoms with Crippen molar-refractivity contribution < 1.29 is 22.8 Å². The van der Waals surface area contributed by atoms with Crippen molar-refractivity contribution in [3.8, 4) is 0 Å². The van der Waals surface area contributed by atoms with Crippen molar-refractivity contribution in [3.05, 3.63) is 0 Å². The minimum absolute atomic E-state index is 0.104. The molecule has 1 atom stereocenters. The van der Waals surface area contributed by atoms with Crippen LogP contribution in [0.1, 0.15) is 53.9 Å². The molecule has 0 fully saturated rings. The fourth-order valence-corrected chi connectivity index (χ4v) is 3.75. The second-order valence-electron chi connectivity index (χ2n) is 6.99. The highest BCUT2D eigenvalue weighted by molar-refractivity contribution is 7.92. The van der Waals surface area contributed by atoms with Crippen molar-refractivity contribution in [2.24, 2.45) is 5.92 Å². The quantitative estimate of drug-likeness (QED) is 0.608. The molecule has 23 heavy (non-hydrogen) atoms. The van der Waals surface area contributed by atoms with Crippen LogP contribution in [0.4, 0.5) is 0 Å². The van der Waals surface area contributed by atoms with E-state index in [1.807, 2.05) is 13.8 Å². The second-order valence-corrected chi connectivity index (χ2v) is 9.39. The molecule has 0 aliphatic carbocycles. The molecule has 136 valence electrons.